The summed E-state index contributed by atoms with van der Waals surface area (Å²) in [4.78, 5) is 20.2. The van der Waals surface area contributed by atoms with Gasteiger partial charge in [-0.05, 0) is 68.6 Å². The van der Waals surface area contributed by atoms with E-state index in [4.69, 9.17) is 0 Å². The highest BCUT2D eigenvalue weighted by atomic mass is 32.2. The highest BCUT2D eigenvalue weighted by Gasteiger charge is 2.25. The van der Waals surface area contributed by atoms with Gasteiger partial charge in [-0.25, -0.2) is 0 Å². The molecule has 0 saturated carbocycles. The molecule has 1 aromatic heterocycles. The van der Waals surface area contributed by atoms with Crippen LogP contribution in [0.4, 0.5) is 0 Å². The molecule has 1 amide bonds. The zero-order chi connectivity index (χ0) is 23.1. The highest BCUT2D eigenvalue weighted by Crippen LogP contribution is 2.22. The average molecular weight is 457 g/mol. The van der Waals surface area contributed by atoms with Gasteiger partial charge in [0.1, 0.15) is 5.49 Å². The summed E-state index contributed by atoms with van der Waals surface area (Å²) >= 11 is 0. The first-order valence-corrected chi connectivity index (χ1v) is 12.8. The number of nitrogens with zero attached hydrogens (tertiary/aromatic N) is 3. The molecular weight excluding hydrogens is 420 g/mol. The van der Waals surface area contributed by atoms with Gasteiger partial charge in [-0.15, -0.1) is 0 Å². The zero-order valence-corrected chi connectivity index (χ0v) is 20.5. The molecule has 1 N–H and O–H groups in total. The molecule has 0 bridgehead atoms. The molecule has 1 unspecified atom stereocenters. The molecule has 1 aromatic carbocycles. The molecule has 0 spiro atoms. The summed E-state index contributed by atoms with van der Waals surface area (Å²) in [6, 6.07) is 11.5. The number of pyridine rings is 1. The lowest BCUT2D eigenvalue weighted by molar-refractivity contribution is 0.0950. The number of aryl methyl sites for hydroxylation is 1. The van der Waals surface area contributed by atoms with E-state index < -0.39 is 10.8 Å². The van der Waals surface area contributed by atoms with Crippen molar-refractivity contribution in [3.8, 4) is 0 Å². The van der Waals surface area contributed by atoms with Crippen LogP contribution in [0.5, 0.6) is 0 Å². The minimum Gasteiger partial charge on any atom is -0.348 e. The summed E-state index contributed by atoms with van der Waals surface area (Å²) in [6.45, 7) is 10.8. The molecule has 174 valence electrons. The minimum absolute atomic E-state index is 0.121. The fraction of sp³-hybridized carbons (Fsp3) is 0.520. The molecule has 3 rings (SSSR count). The maximum absolute atomic E-state index is 13.0. The van der Waals surface area contributed by atoms with E-state index in [1.165, 1.54) is 0 Å². The van der Waals surface area contributed by atoms with Gasteiger partial charge in [0.15, 0.2) is 0 Å². The molecule has 1 aliphatic rings. The van der Waals surface area contributed by atoms with Crippen LogP contribution < -0.4 is 10.8 Å². The van der Waals surface area contributed by atoms with E-state index in [1.807, 2.05) is 48.9 Å². The van der Waals surface area contributed by atoms with E-state index in [0.717, 1.165) is 48.4 Å². The van der Waals surface area contributed by atoms with Crippen LogP contribution in [-0.2, 0) is 24.4 Å². The molecular formula is C25H36N4O2S. The van der Waals surface area contributed by atoms with Gasteiger partial charge < -0.3 is 14.8 Å². The second-order valence-electron chi connectivity index (χ2n) is 8.88. The van der Waals surface area contributed by atoms with Crippen molar-refractivity contribution >= 4 is 16.7 Å². The predicted octanol–water partition coefficient (Wildman–Crippen LogP) is 3.10. The molecule has 32 heavy (non-hydrogen) atoms. The Labute approximate surface area is 194 Å². The normalized spacial score (nSPS) is 17.0. The summed E-state index contributed by atoms with van der Waals surface area (Å²) in [5, 5.41) is 3.19. The first kappa shape index (κ1) is 24.4. The molecule has 1 atom stereocenters. The van der Waals surface area contributed by atoms with Crippen molar-refractivity contribution in [1.82, 2.24) is 14.8 Å². The summed E-state index contributed by atoms with van der Waals surface area (Å²) < 4.78 is 14.9. The molecule has 1 aliphatic heterocycles. The van der Waals surface area contributed by atoms with Crippen LogP contribution in [0.1, 0.15) is 49.5 Å². The van der Waals surface area contributed by atoms with Gasteiger partial charge in [-0.1, -0.05) is 26.0 Å². The van der Waals surface area contributed by atoms with Crippen LogP contribution in [-0.4, -0.2) is 51.0 Å². The van der Waals surface area contributed by atoms with Crippen molar-refractivity contribution < 1.29 is 9.00 Å². The topological polar surface area (TPSA) is 66.7 Å². The average Bonchev–Trinajstić information content (AvgIpc) is 2.79. The Kier molecular flexibility index (Phi) is 8.82. The second kappa shape index (κ2) is 11.6. The van der Waals surface area contributed by atoms with Gasteiger partial charge in [0, 0.05) is 43.0 Å². The first-order chi connectivity index (χ1) is 15.4. The zero-order valence-electron chi connectivity index (χ0n) is 19.7. The number of carbonyl (C=O) groups is 1. The molecule has 1 saturated heterocycles. The number of likely N-dealkylation sites (tertiary alicyclic amines) is 1. The van der Waals surface area contributed by atoms with Crippen molar-refractivity contribution in [2.45, 2.75) is 50.3 Å². The minimum atomic E-state index is -0.981. The Morgan fingerprint density at radius 2 is 1.84 bits per heavy atom. The molecule has 1 fully saturated rings. The van der Waals surface area contributed by atoms with E-state index in [9.17, 15) is 9.00 Å². The van der Waals surface area contributed by atoms with Crippen LogP contribution in [0.2, 0.25) is 0 Å². The fourth-order valence-electron chi connectivity index (χ4n) is 4.10. The SMILES string of the molecule is CCN=c1ccc(C(=O)NCc2ccc(S(=O)C3CCN(CC(C)C)CC3)cc2)cn1C. The third-order valence-corrected chi connectivity index (χ3v) is 7.57. The van der Waals surface area contributed by atoms with Gasteiger partial charge in [-0.2, -0.15) is 0 Å². The standard InChI is InChI=1S/C25H36N4O2S/c1-5-26-24-11-8-21(18-28(24)4)25(30)27-16-20-6-9-22(10-7-20)32(31)23-12-14-29(15-13-23)17-19(2)3/h6-11,18-19,23H,5,12-17H2,1-4H3,(H,27,30). The third-order valence-electron chi connectivity index (χ3n) is 5.76. The van der Waals surface area contributed by atoms with Gasteiger partial charge in [0.25, 0.3) is 5.91 Å². The highest BCUT2D eigenvalue weighted by molar-refractivity contribution is 7.85. The van der Waals surface area contributed by atoms with Crippen molar-refractivity contribution in [1.29, 1.82) is 0 Å². The van der Waals surface area contributed by atoms with E-state index in [0.29, 0.717) is 24.6 Å². The third kappa shape index (κ3) is 6.62. The molecule has 0 aliphatic carbocycles. The fourth-order valence-corrected chi connectivity index (χ4v) is 5.53. The summed E-state index contributed by atoms with van der Waals surface area (Å²) in [7, 11) is 0.907. The van der Waals surface area contributed by atoms with Crippen LogP contribution in [0.3, 0.4) is 0 Å². The van der Waals surface area contributed by atoms with E-state index in [2.05, 4.69) is 29.1 Å². The largest absolute Gasteiger partial charge is 0.348 e. The number of carbonyl (C=O) groups excluding carboxylic acids is 1. The number of hydrogen-bond acceptors (Lipinski definition) is 4. The van der Waals surface area contributed by atoms with Crippen LogP contribution in [0.15, 0.2) is 52.5 Å². The quantitative estimate of drug-likeness (QED) is 0.664. The summed E-state index contributed by atoms with van der Waals surface area (Å²) in [5.41, 5.74) is 2.44. The molecule has 0 radical (unpaired) electrons. The van der Waals surface area contributed by atoms with Crippen molar-refractivity contribution in [2.24, 2.45) is 18.0 Å². The van der Waals surface area contributed by atoms with E-state index in [1.54, 1.807) is 12.3 Å². The molecule has 6 nitrogen and oxygen atoms in total. The van der Waals surface area contributed by atoms with Crippen molar-refractivity contribution in [3.63, 3.8) is 0 Å². The Balaban J connectivity index is 1.52. The number of amides is 1. The Morgan fingerprint density at radius 1 is 1.16 bits per heavy atom. The van der Waals surface area contributed by atoms with E-state index in [-0.39, 0.29) is 11.2 Å². The Hall–Kier alpha value is -2.25. The van der Waals surface area contributed by atoms with Gasteiger partial charge in [-0.3, -0.25) is 14.0 Å². The number of rotatable bonds is 8. The molecule has 2 aromatic rings. The number of benzene rings is 1. The van der Waals surface area contributed by atoms with Gasteiger partial charge in [0.05, 0.1) is 16.4 Å². The van der Waals surface area contributed by atoms with Crippen LogP contribution >= 0.6 is 0 Å². The summed E-state index contributed by atoms with van der Waals surface area (Å²) in [5.74, 6) is 0.549. The maximum atomic E-state index is 13.0. The first-order valence-electron chi connectivity index (χ1n) is 11.5. The van der Waals surface area contributed by atoms with E-state index >= 15 is 0 Å². The van der Waals surface area contributed by atoms with Crippen molar-refractivity contribution in [3.05, 3.63) is 59.2 Å². The van der Waals surface area contributed by atoms with Crippen LogP contribution in [0, 0.1) is 5.92 Å². The number of hydrogen-bond donors (Lipinski definition) is 1. The lowest BCUT2D eigenvalue weighted by Gasteiger charge is -2.32. The monoisotopic (exact) mass is 456 g/mol. The predicted molar refractivity (Wildman–Crippen MR) is 130 cm³/mol. The molecule has 7 heteroatoms. The maximum Gasteiger partial charge on any atom is 0.253 e. The number of nitrogens with one attached hydrogen (secondary N) is 1. The van der Waals surface area contributed by atoms with Crippen LogP contribution in [0.25, 0.3) is 0 Å². The number of piperidine rings is 1. The van der Waals surface area contributed by atoms with Gasteiger partial charge in [0.2, 0.25) is 0 Å². The summed E-state index contributed by atoms with van der Waals surface area (Å²) in [6.07, 6.45) is 3.76. The number of aromatic nitrogens is 1. The Morgan fingerprint density at radius 3 is 2.44 bits per heavy atom. The van der Waals surface area contributed by atoms with Crippen molar-refractivity contribution in [2.75, 3.05) is 26.2 Å². The Bertz CT molecular complexity index is 990. The molecule has 2 heterocycles. The lowest BCUT2D eigenvalue weighted by Crippen LogP contribution is -2.39. The second-order valence-corrected chi connectivity index (χ2v) is 10.6. The smallest absolute Gasteiger partial charge is 0.253 e. The lowest BCUT2D eigenvalue weighted by atomic mass is 10.1. The van der Waals surface area contributed by atoms with Gasteiger partial charge >= 0.3 is 0 Å².